The SMILES string of the molecule is CCS(CC)(CC)CC.O.O=[P+](O)O.[H-].[Na+]. The predicted octanol–water partition coefficient (Wildman–Crippen LogP) is -1.21. The van der Waals surface area contributed by atoms with Crippen molar-refractivity contribution in [1.29, 1.82) is 0 Å². The van der Waals surface area contributed by atoms with Gasteiger partial charge in [0.25, 0.3) is 0 Å². The van der Waals surface area contributed by atoms with Crippen molar-refractivity contribution in [1.82, 2.24) is 0 Å². The van der Waals surface area contributed by atoms with Crippen LogP contribution >= 0.6 is 18.3 Å². The number of hydrogen-bond donors (Lipinski definition) is 2. The van der Waals surface area contributed by atoms with Gasteiger partial charge in [0, 0.05) is 4.57 Å². The van der Waals surface area contributed by atoms with Gasteiger partial charge in [0.15, 0.2) is 0 Å². The van der Waals surface area contributed by atoms with Crippen molar-refractivity contribution in [2.75, 3.05) is 23.0 Å². The second-order valence-electron chi connectivity index (χ2n) is 2.63. The molecule has 0 saturated carbocycles. The second-order valence-corrected chi connectivity index (χ2v) is 7.90. The Morgan fingerprint density at radius 1 is 1.00 bits per heavy atom. The van der Waals surface area contributed by atoms with Crippen LogP contribution in [-0.2, 0) is 4.57 Å². The Hall–Kier alpha value is 1.33. The summed E-state index contributed by atoms with van der Waals surface area (Å²) in [7, 11) is -3.02. The van der Waals surface area contributed by atoms with E-state index in [2.05, 4.69) is 27.7 Å². The molecule has 0 aromatic heterocycles. The zero-order valence-electron chi connectivity index (χ0n) is 11.5. The van der Waals surface area contributed by atoms with Crippen LogP contribution in [0.2, 0.25) is 0 Å². The molecule has 4 nitrogen and oxygen atoms in total. The summed E-state index contributed by atoms with van der Waals surface area (Å²) >= 11 is 0. The van der Waals surface area contributed by atoms with E-state index in [9.17, 15) is 0 Å². The summed E-state index contributed by atoms with van der Waals surface area (Å²) in [5.74, 6) is 5.71. The van der Waals surface area contributed by atoms with Crippen molar-refractivity contribution >= 4 is 18.3 Å². The third-order valence-electron chi connectivity index (χ3n) is 2.45. The zero-order chi connectivity index (χ0) is 10.9. The Morgan fingerprint density at radius 2 is 1.13 bits per heavy atom. The van der Waals surface area contributed by atoms with E-state index in [-0.39, 0.29) is 46.5 Å². The Morgan fingerprint density at radius 3 is 1.13 bits per heavy atom. The average molecular weight is 271 g/mol. The molecule has 0 amide bonds. The fourth-order valence-electron chi connectivity index (χ4n) is 1.22. The molecule has 0 unspecified atom stereocenters. The maximum absolute atomic E-state index is 8.70. The topological polar surface area (TPSA) is 89.0 Å². The molecule has 0 aromatic rings. The standard InChI is InChI=1S/C8H20S.Na.HO3P.H2O.H/c1-5-9(6-2,7-3)8-4;;1-4(2)3;;/h5-8H2,1-4H3;;(H-,1,2,3);1H2;/q;+1;;;-1/p+1. The number of hydrogen-bond acceptors (Lipinski definition) is 1. The van der Waals surface area contributed by atoms with Crippen LogP contribution in [-0.4, -0.2) is 38.3 Å². The van der Waals surface area contributed by atoms with Crippen molar-refractivity contribution in [3.05, 3.63) is 0 Å². The molecule has 0 radical (unpaired) electrons. The van der Waals surface area contributed by atoms with Crippen LogP contribution in [0.15, 0.2) is 0 Å². The molecule has 0 fully saturated rings. The molecule has 15 heavy (non-hydrogen) atoms. The summed E-state index contributed by atoms with van der Waals surface area (Å²) in [6, 6.07) is 0. The van der Waals surface area contributed by atoms with Crippen LogP contribution in [0.3, 0.4) is 0 Å². The smallest absolute Gasteiger partial charge is 1.00 e. The molecule has 4 N–H and O–H groups in total. The average Bonchev–Trinajstić information content (AvgIpc) is 2.09. The van der Waals surface area contributed by atoms with E-state index in [1.54, 1.807) is 0 Å². The normalized spacial score (nSPS) is 10.0. The minimum atomic E-state index is -2.87. The van der Waals surface area contributed by atoms with Gasteiger partial charge in [-0.1, -0.05) is 27.7 Å². The van der Waals surface area contributed by atoms with Crippen molar-refractivity contribution in [2.24, 2.45) is 0 Å². The third-order valence-corrected chi connectivity index (χ3v) is 7.35. The number of rotatable bonds is 4. The van der Waals surface area contributed by atoms with Gasteiger partial charge < -0.3 is 6.90 Å². The minimum Gasteiger partial charge on any atom is -1.00 e. The van der Waals surface area contributed by atoms with Crippen LogP contribution in [0.5, 0.6) is 0 Å². The van der Waals surface area contributed by atoms with Crippen LogP contribution < -0.4 is 29.6 Å². The minimum absolute atomic E-state index is 0. The molecular formula is C8H25NaO4PS+. The van der Waals surface area contributed by atoms with E-state index in [0.29, 0.717) is 0 Å². The van der Waals surface area contributed by atoms with Crippen LogP contribution in [0.1, 0.15) is 29.1 Å². The van der Waals surface area contributed by atoms with Crippen LogP contribution in [0.25, 0.3) is 0 Å². The largest absolute Gasteiger partial charge is 1.00 e. The molecular weight excluding hydrogens is 246 g/mol. The summed E-state index contributed by atoms with van der Waals surface area (Å²) in [5, 5.41) is 0. The first-order chi connectivity index (χ1) is 5.97. The monoisotopic (exact) mass is 271 g/mol. The van der Waals surface area contributed by atoms with Crippen LogP contribution in [0.4, 0.5) is 0 Å². The summed E-state index contributed by atoms with van der Waals surface area (Å²) in [6.45, 7) is 9.36. The predicted molar refractivity (Wildman–Crippen MR) is 66.5 cm³/mol. The van der Waals surface area contributed by atoms with E-state index >= 15 is 0 Å². The third kappa shape index (κ3) is 15.3. The van der Waals surface area contributed by atoms with Gasteiger partial charge in [0.2, 0.25) is 0 Å². The van der Waals surface area contributed by atoms with E-state index in [1.165, 1.54) is 23.0 Å². The molecule has 0 rings (SSSR count). The van der Waals surface area contributed by atoms with Crippen LogP contribution in [0, 0.1) is 0 Å². The Labute approximate surface area is 119 Å². The Balaban J connectivity index is -0.0000000511. The maximum Gasteiger partial charge on any atom is 1.00 e. The molecule has 0 aliphatic rings. The maximum atomic E-state index is 8.70. The van der Waals surface area contributed by atoms with Gasteiger partial charge in [-0.05, 0) is 23.0 Å². The first-order valence-electron chi connectivity index (χ1n) is 4.57. The van der Waals surface area contributed by atoms with E-state index in [1.807, 2.05) is 0 Å². The van der Waals surface area contributed by atoms with Crippen molar-refractivity contribution in [2.45, 2.75) is 27.7 Å². The zero-order valence-corrected chi connectivity index (χ0v) is 14.2. The van der Waals surface area contributed by atoms with Crippen molar-refractivity contribution in [3.8, 4) is 0 Å². The van der Waals surface area contributed by atoms with Gasteiger partial charge in [-0.3, -0.25) is 0 Å². The van der Waals surface area contributed by atoms with E-state index in [0.717, 1.165) is 0 Å². The molecule has 0 aromatic carbocycles. The fraction of sp³-hybridized carbons (Fsp3) is 1.00. The van der Waals surface area contributed by atoms with Crippen molar-refractivity contribution < 1.29 is 50.8 Å². The van der Waals surface area contributed by atoms with Gasteiger partial charge in [0.1, 0.15) is 0 Å². The summed E-state index contributed by atoms with van der Waals surface area (Å²) in [4.78, 5) is 14.2. The molecule has 0 saturated heterocycles. The molecule has 7 heteroatoms. The summed E-state index contributed by atoms with van der Waals surface area (Å²) < 4.78 is 8.70. The van der Waals surface area contributed by atoms with Crippen molar-refractivity contribution in [3.63, 3.8) is 0 Å². The van der Waals surface area contributed by atoms with Gasteiger partial charge >= 0.3 is 37.8 Å². The van der Waals surface area contributed by atoms with Gasteiger partial charge in [0.05, 0.1) is 0 Å². The van der Waals surface area contributed by atoms with Gasteiger partial charge in [-0.2, -0.15) is 0 Å². The fourth-order valence-corrected chi connectivity index (χ4v) is 3.67. The first kappa shape index (κ1) is 25.2. The second kappa shape index (κ2) is 15.3. The Kier molecular flexibility index (Phi) is 25.8. The van der Waals surface area contributed by atoms with E-state index in [4.69, 9.17) is 14.4 Å². The molecule has 0 aliphatic heterocycles. The summed E-state index contributed by atoms with van der Waals surface area (Å²) in [5.41, 5.74) is 0. The summed E-state index contributed by atoms with van der Waals surface area (Å²) in [6.07, 6.45) is 0. The molecule has 0 aliphatic carbocycles. The van der Waals surface area contributed by atoms with Gasteiger partial charge in [-0.25, -0.2) is 10.0 Å². The quantitative estimate of drug-likeness (QED) is 0.497. The molecule has 0 bridgehead atoms. The molecule has 0 spiro atoms. The Bertz CT molecular complexity index is 128. The van der Waals surface area contributed by atoms with Gasteiger partial charge in [-0.15, -0.1) is 9.79 Å². The van der Waals surface area contributed by atoms with E-state index < -0.39 is 8.25 Å². The molecule has 0 atom stereocenters. The first-order valence-corrected chi connectivity index (χ1v) is 8.04. The molecule has 92 valence electrons. The molecule has 0 heterocycles.